The largest absolute Gasteiger partial charge is 0.497 e. The van der Waals surface area contributed by atoms with E-state index in [1.165, 1.54) is 11.1 Å². The molecule has 7 heteroatoms. The van der Waals surface area contributed by atoms with Crippen molar-refractivity contribution >= 4 is 6.03 Å². The summed E-state index contributed by atoms with van der Waals surface area (Å²) in [4.78, 5) is 19.2. The molecule has 3 heterocycles. The van der Waals surface area contributed by atoms with Gasteiger partial charge in [-0.1, -0.05) is 12.1 Å². The van der Waals surface area contributed by atoms with Crippen molar-refractivity contribution in [2.24, 2.45) is 11.8 Å². The van der Waals surface area contributed by atoms with Crippen LogP contribution in [-0.2, 0) is 6.54 Å². The minimum Gasteiger partial charge on any atom is -0.497 e. The number of aryl methyl sites for hydroxylation is 2. The number of carbonyl (C=O) groups excluding carboxylic acids is 1. The Bertz CT molecular complexity index is 856. The van der Waals surface area contributed by atoms with E-state index >= 15 is 0 Å². The lowest BCUT2D eigenvalue weighted by Crippen LogP contribution is -2.41. The number of hydrogen-bond donors (Lipinski definition) is 1. The Balaban J connectivity index is 1.58. The second-order valence-electron chi connectivity index (χ2n) is 8.58. The van der Waals surface area contributed by atoms with E-state index in [4.69, 9.17) is 4.74 Å². The van der Waals surface area contributed by atoms with Crippen LogP contribution in [0, 0.1) is 25.7 Å². The van der Waals surface area contributed by atoms with Crippen molar-refractivity contribution in [3.63, 3.8) is 0 Å². The fourth-order valence-corrected chi connectivity index (χ4v) is 4.98. The number of ether oxygens (including phenoxy) is 1. The van der Waals surface area contributed by atoms with Gasteiger partial charge in [0.05, 0.1) is 18.8 Å². The van der Waals surface area contributed by atoms with Gasteiger partial charge in [0.25, 0.3) is 0 Å². The fourth-order valence-electron chi connectivity index (χ4n) is 4.98. The SMILES string of the molecule is COc1ccc([C@H]2[C@@H]3CN(Cc4c(C)n[nH]c4C)C[C@@H]3CN2C(=O)N(C)C)cc1. The van der Waals surface area contributed by atoms with Gasteiger partial charge in [-0.2, -0.15) is 5.10 Å². The van der Waals surface area contributed by atoms with Crippen LogP contribution in [0.15, 0.2) is 24.3 Å². The summed E-state index contributed by atoms with van der Waals surface area (Å²) >= 11 is 0. The topological polar surface area (TPSA) is 64.7 Å². The molecule has 0 aliphatic carbocycles. The van der Waals surface area contributed by atoms with Gasteiger partial charge < -0.3 is 14.5 Å². The highest BCUT2D eigenvalue weighted by atomic mass is 16.5. The molecule has 0 spiro atoms. The number of aromatic nitrogens is 2. The molecule has 0 unspecified atom stereocenters. The number of methoxy groups -OCH3 is 1. The Hall–Kier alpha value is -2.54. The highest BCUT2D eigenvalue weighted by Gasteiger charge is 2.49. The van der Waals surface area contributed by atoms with Crippen molar-refractivity contribution in [1.82, 2.24) is 24.9 Å². The van der Waals surface area contributed by atoms with Crippen LogP contribution in [0.1, 0.15) is 28.6 Å². The van der Waals surface area contributed by atoms with Crippen molar-refractivity contribution in [3.8, 4) is 5.75 Å². The van der Waals surface area contributed by atoms with E-state index < -0.39 is 0 Å². The summed E-state index contributed by atoms with van der Waals surface area (Å²) in [6.07, 6.45) is 0. The summed E-state index contributed by atoms with van der Waals surface area (Å²) < 4.78 is 5.32. The molecule has 2 amide bonds. The van der Waals surface area contributed by atoms with E-state index in [-0.39, 0.29) is 12.1 Å². The highest BCUT2D eigenvalue weighted by molar-refractivity contribution is 5.75. The lowest BCUT2D eigenvalue weighted by molar-refractivity contribution is 0.151. The Morgan fingerprint density at radius 3 is 2.52 bits per heavy atom. The molecule has 1 N–H and O–H groups in total. The van der Waals surface area contributed by atoms with Crippen molar-refractivity contribution in [3.05, 3.63) is 46.8 Å². The van der Waals surface area contributed by atoms with E-state index in [0.717, 1.165) is 43.3 Å². The second-order valence-corrected chi connectivity index (χ2v) is 8.58. The number of likely N-dealkylation sites (tertiary alicyclic amines) is 2. The van der Waals surface area contributed by atoms with Crippen LogP contribution in [0.3, 0.4) is 0 Å². The number of urea groups is 1. The van der Waals surface area contributed by atoms with Crippen molar-refractivity contribution in [2.75, 3.05) is 40.8 Å². The van der Waals surface area contributed by atoms with Gasteiger partial charge in [-0.05, 0) is 37.5 Å². The number of aromatic amines is 1. The van der Waals surface area contributed by atoms with Gasteiger partial charge >= 0.3 is 6.03 Å². The third kappa shape index (κ3) is 3.59. The third-order valence-electron chi connectivity index (χ3n) is 6.49. The zero-order valence-corrected chi connectivity index (χ0v) is 18.0. The van der Waals surface area contributed by atoms with Crippen LogP contribution in [0.2, 0.25) is 0 Å². The molecule has 156 valence electrons. The number of benzene rings is 1. The minimum atomic E-state index is 0.0910. The zero-order chi connectivity index (χ0) is 20.7. The van der Waals surface area contributed by atoms with Gasteiger partial charge in [0, 0.05) is 57.4 Å². The lowest BCUT2D eigenvalue weighted by atomic mass is 9.89. The first-order chi connectivity index (χ1) is 13.9. The molecule has 2 saturated heterocycles. The van der Waals surface area contributed by atoms with Crippen LogP contribution in [0.5, 0.6) is 5.75 Å². The number of carbonyl (C=O) groups is 1. The standard InChI is InChI=1S/C22H31N5O2/c1-14-19(15(2)24-23-14)12-26-10-17-11-27(22(28)25(3)4)21(20(17)13-26)16-6-8-18(29-5)9-7-16/h6-9,17,20-21H,10-13H2,1-5H3,(H,23,24)/t17-,20-,21+/m1/s1. The molecule has 2 fully saturated rings. The summed E-state index contributed by atoms with van der Waals surface area (Å²) in [6.45, 7) is 7.87. The minimum absolute atomic E-state index is 0.0910. The summed E-state index contributed by atoms with van der Waals surface area (Å²) in [5.41, 5.74) is 4.71. The molecular weight excluding hydrogens is 366 g/mol. The Morgan fingerprint density at radius 1 is 1.21 bits per heavy atom. The summed E-state index contributed by atoms with van der Waals surface area (Å²) in [6, 6.07) is 8.38. The molecule has 0 bridgehead atoms. The molecule has 0 saturated carbocycles. The molecule has 2 aliphatic heterocycles. The van der Waals surface area contributed by atoms with Gasteiger partial charge in [-0.25, -0.2) is 4.79 Å². The smallest absolute Gasteiger partial charge is 0.320 e. The van der Waals surface area contributed by atoms with E-state index in [9.17, 15) is 4.79 Å². The molecule has 2 aliphatic rings. The number of hydrogen-bond acceptors (Lipinski definition) is 4. The molecule has 1 aromatic carbocycles. The van der Waals surface area contributed by atoms with Crippen LogP contribution in [0.4, 0.5) is 4.79 Å². The monoisotopic (exact) mass is 397 g/mol. The van der Waals surface area contributed by atoms with Crippen LogP contribution in [0.25, 0.3) is 0 Å². The highest BCUT2D eigenvalue weighted by Crippen LogP contribution is 2.45. The quantitative estimate of drug-likeness (QED) is 0.862. The Morgan fingerprint density at radius 2 is 1.93 bits per heavy atom. The van der Waals surface area contributed by atoms with Crippen LogP contribution in [-0.4, -0.2) is 71.8 Å². The fraction of sp³-hybridized carbons (Fsp3) is 0.545. The number of fused-ring (bicyclic) bond motifs is 1. The molecule has 4 rings (SSSR count). The van der Waals surface area contributed by atoms with Crippen LogP contribution < -0.4 is 4.74 Å². The van der Waals surface area contributed by atoms with Crippen molar-refractivity contribution in [2.45, 2.75) is 26.4 Å². The summed E-state index contributed by atoms with van der Waals surface area (Å²) in [7, 11) is 5.34. The van der Waals surface area contributed by atoms with E-state index in [0.29, 0.717) is 11.8 Å². The van der Waals surface area contributed by atoms with Gasteiger partial charge in [-0.15, -0.1) is 0 Å². The lowest BCUT2D eigenvalue weighted by Gasteiger charge is -2.32. The third-order valence-corrected chi connectivity index (χ3v) is 6.49. The number of nitrogens with zero attached hydrogens (tertiary/aromatic N) is 4. The Kier molecular flexibility index (Phi) is 5.25. The van der Waals surface area contributed by atoms with E-state index in [1.54, 1.807) is 12.0 Å². The first kappa shape index (κ1) is 19.8. The van der Waals surface area contributed by atoms with Crippen molar-refractivity contribution < 1.29 is 9.53 Å². The average Bonchev–Trinajstić information content (AvgIpc) is 3.35. The first-order valence-electron chi connectivity index (χ1n) is 10.2. The zero-order valence-electron chi connectivity index (χ0n) is 18.0. The Labute approximate surface area is 172 Å². The molecule has 3 atom stereocenters. The number of amides is 2. The summed E-state index contributed by atoms with van der Waals surface area (Å²) in [5.74, 6) is 1.76. The number of nitrogens with one attached hydrogen (secondary N) is 1. The van der Waals surface area contributed by atoms with E-state index in [1.807, 2.05) is 26.2 Å². The second kappa shape index (κ2) is 7.71. The molecule has 2 aromatic rings. The molecule has 7 nitrogen and oxygen atoms in total. The number of rotatable bonds is 4. The predicted octanol–water partition coefficient (Wildman–Crippen LogP) is 2.82. The van der Waals surface area contributed by atoms with Gasteiger partial charge in [0.2, 0.25) is 0 Å². The van der Waals surface area contributed by atoms with Crippen LogP contribution >= 0.6 is 0 Å². The first-order valence-corrected chi connectivity index (χ1v) is 10.2. The van der Waals surface area contributed by atoms with Gasteiger partial charge in [0.15, 0.2) is 0 Å². The van der Waals surface area contributed by atoms with E-state index in [2.05, 4.69) is 46.0 Å². The maximum Gasteiger partial charge on any atom is 0.320 e. The average molecular weight is 398 g/mol. The molecule has 1 aromatic heterocycles. The number of H-pyrrole nitrogens is 1. The van der Waals surface area contributed by atoms with Crippen molar-refractivity contribution in [1.29, 1.82) is 0 Å². The molecule has 29 heavy (non-hydrogen) atoms. The summed E-state index contributed by atoms with van der Waals surface area (Å²) in [5, 5.41) is 7.44. The normalized spacial score (nSPS) is 24.0. The maximum atomic E-state index is 12.9. The van der Waals surface area contributed by atoms with Gasteiger partial charge in [0.1, 0.15) is 5.75 Å². The molecular formula is C22H31N5O2. The maximum absolute atomic E-state index is 12.9. The molecule has 0 radical (unpaired) electrons. The van der Waals surface area contributed by atoms with Gasteiger partial charge in [-0.3, -0.25) is 10.00 Å². The predicted molar refractivity (Wildman–Crippen MR) is 112 cm³/mol.